The quantitative estimate of drug-likeness (QED) is 0.777. The zero-order valence-electron chi connectivity index (χ0n) is 8.64. The summed E-state index contributed by atoms with van der Waals surface area (Å²) in [5.41, 5.74) is -3.37. The van der Waals surface area contributed by atoms with Crippen molar-refractivity contribution in [1.29, 1.82) is 0 Å². The van der Waals surface area contributed by atoms with E-state index in [1.807, 2.05) is 0 Å². The average molecular weight is 323 g/mol. The molecule has 0 radical (unpaired) electrons. The van der Waals surface area contributed by atoms with Crippen molar-refractivity contribution < 1.29 is 22.8 Å². The number of amides is 3. The van der Waals surface area contributed by atoms with Gasteiger partial charge >= 0.3 is 12.2 Å². The van der Waals surface area contributed by atoms with E-state index >= 15 is 0 Å². The largest absolute Gasteiger partial charge is 0.425 e. The minimum atomic E-state index is -4.93. The van der Waals surface area contributed by atoms with Gasteiger partial charge in [0.25, 0.3) is 5.91 Å². The van der Waals surface area contributed by atoms with Crippen molar-refractivity contribution in [2.45, 2.75) is 11.7 Å². The number of carbonyl (C=O) groups is 2. The molecule has 1 heterocycles. The van der Waals surface area contributed by atoms with E-state index in [0.717, 1.165) is 12.1 Å². The molecule has 0 bridgehead atoms. The fourth-order valence-electron chi connectivity index (χ4n) is 1.72. The van der Waals surface area contributed by atoms with E-state index in [0.29, 0.717) is 4.47 Å². The average Bonchev–Trinajstić information content (AvgIpc) is 2.55. The Balaban J connectivity index is 2.60. The highest BCUT2D eigenvalue weighted by molar-refractivity contribution is 9.10. The van der Waals surface area contributed by atoms with E-state index < -0.39 is 23.7 Å². The van der Waals surface area contributed by atoms with Gasteiger partial charge in [-0.3, -0.25) is 10.1 Å². The van der Waals surface area contributed by atoms with E-state index in [2.05, 4.69) is 15.9 Å². The van der Waals surface area contributed by atoms with Gasteiger partial charge in [-0.2, -0.15) is 13.2 Å². The van der Waals surface area contributed by atoms with Gasteiger partial charge in [-0.05, 0) is 17.7 Å². The summed E-state index contributed by atoms with van der Waals surface area (Å²) in [5, 5.41) is 3.26. The third kappa shape index (κ3) is 1.76. The van der Waals surface area contributed by atoms with Crippen molar-refractivity contribution in [3.63, 3.8) is 0 Å². The Morgan fingerprint density at radius 2 is 1.67 bits per heavy atom. The molecule has 0 aromatic heterocycles. The Labute approximate surface area is 108 Å². The van der Waals surface area contributed by atoms with Gasteiger partial charge in [-0.15, -0.1) is 0 Å². The maximum absolute atomic E-state index is 13.1. The van der Waals surface area contributed by atoms with E-state index in [-0.39, 0.29) is 5.56 Å². The Morgan fingerprint density at radius 1 is 1.11 bits per heavy atom. The molecule has 1 saturated heterocycles. The molecule has 1 unspecified atom stereocenters. The Kier molecular flexibility index (Phi) is 2.84. The normalized spacial score (nSPS) is 23.8. The van der Waals surface area contributed by atoms with Gasteiger partial charge in [0.05, 0.1) is 0 Å². The fraction of sp³-hybridized carbons (Fsp3) is 0.200. The molecule has 2 rings (SSSR count). The fourth-order valence-corrected chi connectivity index (χ4v) is 1.99. The topological polar surface area (TPSA) is 58.2 Å². The van der Waals surface area contributed by atoms with Crippen LogP contribution in [0.4, 0.5) is 18.0 Å². The lowest BCUT2D eigenvalue weighted by molar-refractivity contribution is -0.195. The van der Waals surface area contributed by atoms with Crippen LogP contribution in [-0.4, -0.2) is 18.1 Å². The molecule has 1 aromatic rings. The number of alkyl halides is 3. The molecule has 0 saturated carbocycles. The van der Waals surface area contributed by atoms with Crippen LogP contribution in [0.15, 0.2) is 28.7 Å². The van der Waals surface area contributed by atoms with Crippen LogP contribution in [0.1, 0.15) is 5.56 Å². The minimum absolute atomic E-state index is 0.346. The molecule has 8 heteroatoms. The van der Waals surface area contributed by atoms with Crippen LogP contribution in [0.3, 0.4) is 0 Å². The van der Waals surface area contributed by atoms with Gasteiger partial charge in [-0.25, -0.2) is 4.79 Å². The first-order valence-corrected chi connectivity index (χ1v) is 5.53. The number of urea groups is 1. The van der Waals surface area contributed by atoms with E-state index in [1.165, 1.54) is 12.1 Å². The summed E-state index contributed by atoms with van der Waals surface area (Å²) < 4.78 is 40.0. The summed E-state index contributed by atoms with van der Waals surface area (Å²) in [7, 11) is 0. The van der Waals surface area contributed by atoms with Gasteiger partial charge in [0.1, 0.15) is 0 Å². The standard InChI is InChI=1S/C10H6BrF3N2O2/c11-6-3-1-5(2-4-6)9(10(12,13)14)7(17)15-8(18)16-9/h1-4H,(H2,15,16,17,18). The molecule has 96 valence electrons. The van der Waals surface area contributed by atoms with E-state index in [9.17, 15) is 22.8 Å². The lowest BCUT2D eigenvalue weighted by Crippen LogP contribution is -2.55. The predicted octanol–water partition coefficient (Wildman–Crippen LogP) is 2.05. The molecule has 1 fully saturated rings. The maximum atomic E-state index is 13.1. The Bertz CT molecular complexity index is 515. The van der Waals surface area contributed by atoms with Crippen molar-refractivity contribution in [2.24, 2.45) is 0 Å². The summed E-state index contributed by atoms with van der Waals surface area (Å²) in [4.78, 5) is 22.5. The zero-order valence-corrected chi connectivity index (χ0v) is 10.2. The number of carbonyl (C=O) groups excluding carboxylic acids is 2. The lowest BCUT2D eigenvalue weighted by atomic mass is 9.89. The predicted molar refractivity (Wildman–Crippen MR) is 58.5 cm³/mol. The smallest absolute Gasteiger partial charge is 0.312 e. The third-order valence-electron chi connectivity index (χ3n) is 2.57. The number of halogens is 4. The van der Waals surface area contributed by atoms with Crippen LogP contribution in [0.5, 0.6) is 0 Å². The second-order valence-electron chi connectivity index (χ2n) is 3.66. The van der Waals surface area contributed by atoms with Crippen LogP contribution >= 0.6 is 15.9 Å². The lowest BCUT2D eigenvalue weighted by Gasteiger charge is -2.28. The molecule has 2 N–H and O–H groups in total. The van der Waals surface area contributed by atoms with Crippen molar-refractivity contribution in [3.8, 4) is 0 Å². The minimum Gasteiger partial charge on any atom is -0.312 e. The first-order valence-electron chi connectivity index (χ1n) is 4.74. The highest BCUT2D eigenvalue weighted by Crippen LogP contribution is 2.41. The number of benzene rings is 1. The van der Waals surface area contributed by atoms with Crippen molar-refractivity contribution in [2.75, 3.05) is 0 Å². The van der Waals surface area contributed by atoms with Crippen LogP contribution in [-0.2, 0) is 10.3 Å². The van der Waals surface area contributed by atoms with Crippen LogP contribution in [0.25, 0.3) is 0 Å². The van der Waals surface area contributed by atoms with Crippen molar-refractivity contribution in [3.05, 3.63) is 34.3 Å². The molecule has 1 aromatic carbocycles. The molecular weight excluding hydrogens is 317 g/mol. The SMILES string of the molecule is O=C1NC(=O)C(c2ccc(Br)cc2)(C(F)(F)F)N1. The van der Waals surface area contributed by atoms with Crippen molar-refractivity contribution in [1.82, 2.24) is 10.6 Å². The first-order chi connectivity index (χ1) is 8.27. The van der Waals surface area contributed by atoms with Gasteiger partial charge in [0, 0.05) is 4.47 Å². The Morgan fingerprint density at radius 3 is 2.06 bits per heavy atom. The van der Waals surface area contributed by atoms with Crippen LogP contribution in [0, 0.1) is 0 Å². The molecule has 1 atom stereocenters. The molecule has 1 aliphatic rings. The van der Waals surface area contributed by atoms with Crippen LogP contribution in [0.2, 0.25) is 0 Å². The summed E-state index contributed by atoms with van der Waals surface area (Å²) in [5.74, 6) is -1.43. The van der Waals surface area contributed by atoms with E-state index in [1.54, 1.807) is 10.6 Å². The highest BCUT2D eigenvalue weighted by atomic mass is 79.9. The molecule has 18 heavy (non-hydrogen) atoms. The van der Waals surface area contributed by atoms with Gasteiger partial charge in [-0.1, -0.05) is 28.1 Å². The Hall–Kier alpha value is -1.57. The second kappa shape index (κ2) is 3.98. The van der Waals surface area contributed by atoms with Gasteiger partial charge in [0.2, 0.25) is 5.54 Å². The molecule has 1 aliphatic heterocycles. The summed E-state index contributed by atoms with van der Waals surface area (Å²) in [6, 6.07) is 3.81. The van der Waals surface area contributed by atoms with Crippen LogP contribution < -0.4 is 10.6 Å². The molecule has 3 amide bonds. The first kappa shape index (κ1) is 12.9. The highest BCUT2D eigenvalue weighted by Gasteiger charge is 2.66. The molecule has 0 aliphatic carbocycles. The zero-order chi connectivity index (χ0) is 13.6. The monoisotopic (exact) mass is 322 g/mol. The molecular formula is C10H6BrF3N2O2. The number of hydrogen-bond acceptors (Lipinski definition) is 2. The second-order valence-corrected chi connectivity index (χ2v) is 4.58. The van der Waals surface area contributed by atoms with Gasteiger partial charge in [0.15, 0.2) is 0 Å². The van der Waals surface area contributed by atoms with E-state index in [4.69, 9.17) is 0 Å². The number of imide groups is 1. The number of rotatable bonds is 1. The maximum Gasteiger partial charge on any atom is 0.425 e. The third-order valence-corrected chi connectivity index (χ3v) is 3.10. The molecule has 0 spiro atoms. The number of nitrogens with one attached hydrogen (secondary N) is 2. The van der Waals surface area contributed by atoms with Gasteiger partial charge < -0.3 is 5.32 Å². The number of hydrogen-bond donors (Lipinski definition) is 2. The van der Waals surface area contributed by atoms with Crippen molar-refractivity contribution >= 4 is 27.9 Å². The summed E-state index contributed by atoms with van der Waals surface area (Å²) in [6.45, 7) is 0. The summed E-state index contributed by atoms with van der Waals surface area (Å²) >= 11 is 3.08. The molecule has 4 nitrogen and oxygen atoms in total. The summed E-state index contributed by atoms with van der Waals surface area (Å²) in [6.07, 6.45) is -4.93.